The maximum atomic E-state index is 15.6. The molecule has 4 aromatic rings. The third-order valence-electron chi connectivity index (χ3n) is 8.89. The Labute approximate surface area is 267 Å². The number of aromatic nitrogens is 2. The normalized spacial score (nSPS) is 15.1. The molecule has 0 spiro atoms. The molecule has 3 aromatic carbocycles. The second-order valence-corrected chi connectivity index (χ2v) is 18.1. The Balaban J connectivity index is 1.60. The van der Waals surface area contributed by atoms with Crippen molar-refractivity contribution < 1.29 is 13.2 Å². The minimum atomic E-state index is -2.82. The van der Waals surface area contributed by atoms with Crippen LogP contribution >= 0.6 is 27.5 Å². The van der Waals surface area contributed by atoms with Crippen molar-refractivity contribution in [2.45, 2.75) is 50.6 Å². The van der Waals surface area contributed by atoms with Crippen molar-refractivity contribution in [3.63, 3.8) is 0 Å². The summed E-state index contributed by atoms with van der Waals surface area (Å²) in [6, 6.07) is 22.0. The molecule has 0 radical (unpaired) electrons. The van der Waals surface area contributed by atoms with E-state index in [4.69, 9.17) is 16.0 Å². The minimum absolute atomic E-state index is 0.0106. The molecule has 5 rings (SSSR count). The minimum Gasteiger partial charge on any atom is -0.406 e. The maximum absolute atomic E-state index is 15.6. The highest BCUT2D eigenvalue weighted by atomic mass is 79.9. The number of fused-ring (bicyclic) bond motifs is 1. The molecule has 228 valence electrons. The lowest BCUT2D eigenvalue weighted by atomic mass is 9.75. The molecule has 0 aliphatic heterocycles. The first-order valence-corrected chi connectivity index (χ1v) is 17.7. The van der Waals surface area contributed by atoms with E-state index in [-0.39, 0.29) is 37.1 Å². The highest BCUT2D eigenvalue weighted by Gasteiger charge is 2.50. The van der Waals surface area contributed by atoms with E-state index in [2.05, 4.69) is 114 Å². The van der Waals surface area contributed by atoms with Gasteiger partial charge < -0.3 is 14.2 Å². The molecular weight excluding hydrogens is 650 g/mol. The number of hydrogen-bond donors (Lipinski definition) is 0. The van der Waals surface area contributed by atoms with Crippen LogP contribution < -0.4 is 15.3 Å². The second kappa shape index (κ2) is 12.5. The number of hydrogen-bond acceptors (Lipinski definition) is 5. The summed E-state index contributed by atoms with van der Waals surface area (Å²) < 4.78 is 38.0. The Kier molecular flexibility index (Phi) is 9.31. The van der Waals surface area contributed by atoms with Crippen LogP contribution in [0.15, 0.2) is 71.2 Å². The lowest BCUT2D eigenvalue weighted by Gasteiger charge is -2.50. The Morgan fingerprint density at radius 1 is 0.977 bits per heavy atom. The molecular formula is C33H38BrClF2N4OSi. The van der Waals surface area contributed by atoms with Gasteiger partial charge in [0.2, 0.25) is 5.28 Å². The summed E-state index contributed by atoms with van der Waals surface area (Å²) in [5.74, 6) is -1.00. The number of halogens is 4. The van der Waals surface area contributed by atoms with Crippen LogP contribution in [-0.2, 0) is 4.43 Å². The van der Waals surface area contributed by atoms with Crippen molar-refractivity contribution >= 4 is 62.9 Å². The Morgan fingerprint density at radius 2 is 1.56 bits per heavy atom. The fourth-order valence-electron chi connectivity index (χ4n) is 6.41. The zero-order chi connectivity index (χ0) is 31.0. The van der Waals surface area contributed by atoms with Crippen LogP contribution in [0, 0.1) is 11.6 Å². The molecule has 1 aromatic heterocycles. The number of nitrogens with zero attached hydrogens (tertiary/aromatic N) is 4. The van der Waals surface area contributed by atoms with Crippen molar-refractivity contribution in [3.8, 4) is 0 Å². The molecule has 0 unspecified atom stereocenters. The van der Waals surface area contributed by atoms with Crippen molar-refractivity contribution in [1.29, 1.82) is 0 Å². The molecule has 1 saturated carbocycles. The van der Waals surface area contributed by atoms with Gasteiger partial charge in [-0.15, -0.1) is 0 Å². The summed E-state index contributed by atoms with van der Waals surface area (Å²) in [4.78, 5) is 12.8. The average Bonchev–Trinajstić information content (AvgIpc) is 2.94. The number of anilines is 1. The van der Waals surface area contributed by atoms with Crippen LogP contribution in [0.2, 0.25) is 10.3 Å². The first-order chi connectivity index (χ1) is 20.4. The van der Waals surface area contributed by atoms with Gasteiger partial charge in [0, 0.05) is 18.6 Å². The quantitative estimate of drug-likeness (QED) is 0.100. The van der Waals surface area contributed by atoms with Crippen LogP contribution in [0.1, 0.15) is 40.0 Å². The molecule has 43 heavy (non-hydrogen) atoms. The zero-order valence-electron chi connectivity index (χ0n) is 25.3. The first-order valence-electron chi connectivity index (χ1n) is 14.6. The van der Waals surface area contributed by atoms with Gasteiger partial charge in [0.1, 0.15) is 17.2 Å². The van der Waals surface area contributed by atoms with E-state index in [1.165, 1.54) is 10.4 Å². The standard InChI is InChI=1S/C33H38BrClF2N4OSi/c1-32(2,3)43(23-13-8-6-9-14-23,24-15-10-7-11-16-24)42-20-19-41(22-33(40(4)5)17-12-18-33)30-27-26(36)21-25(34)28(37)29(27)38-31(35)39-30/h6-11,13-16,21H,12,17-20,22H2,1-5H3. The molecule has 1 fully saturated rings. The zero-order valence-corrected chi connectivity index (χ0v) is 28.6. The highest BCUT2D eigenvalue weighted by Crippen LogP contribution is 2.41. The Hall–Kier alpha value is -2.43. The van der Waals surface area contributed by atoms with Gasteiger partial charge in [-0.1, -0.05) is 81.4 Å². The summed E-state index contributed by atoms with van der Waals surface area (Å²) in [5, 5.41) is 2.04. The first kappa shape index (κ1) is 32.0. The van der Waals surface area contributed by atoms with Gasteiger partial charge in [-0.2, -0.15) is 4.98 Å². The van der Waals surface area contributed by atoms with E-state index in [0.717, 1.165) is 25.3 Å². The van der Waals surface area contributed by atoms with E-state index < -0.39 is 20.0 Å². The van der Waals surface area contributed by atoms with Gasteiger partial charge in [0.05, 0.1) is 16.5 Å². The van der Waals surface area contributed by atoms with Gasteiger partial charge >= 0.3 is 0 Å². The monoisotopic (exact) mass is 686 g/mol. The summed E-state index contributed by atoms with van der Waals surface area (Å²) >= 11 is 9.48. The largest absolute Gasteiger partial charge is 0.406 e. The lowest BCUT2D eigenvalue weighted by molar-refractivity contribution is 0.0663. The molecule has 0 amide bonds. The third kappa shape index (κ3) is 5.99. The smallest absolute Gasteiger partial charge is 0.261 e. The number of benzene rings is 3. The third-order valence-corrected chi connectivity index (χ3v) is 14.7. The molecule has 1 heterocycles. The van der Waals surface area contributed by atoms with Crippen molar-refractivity contribution in [1.82, 2.24) is 14.9 Å². The molecule has 1 aliphatic rings. The van der Waals surface area contributed by atoms with Gasteiger partial charge in [-0.25, -0.2) is 13.8 Å². The van der Waals surface area contributed by atoms with Crippen molar-refractivity contribution in [2.75, 3.05) is 38.7 Å². The molecule has 5 nitrogen and oxygen atoms in total. The molecule has 0 saturated heterocycles. The average molecular weight is 688 g/mol. The summed E-state index contributed by atoms with van der Waals surface area (Å²) in [7, 11) is 1.32. The van der Waals surface area contributed by atoms with Crippen LogP contribution in [-0.4, -0.2) is 62.5 Å². The van der Waals surface area contributed by atoms with Crippen LogP contribution in [0.5, 0.6) is 0 Å². The molecule has 0 atom stereocenters. The fourth-order valence-corrected chi connectivity index (χ4v) is 11.5. The van der Waals surface area contributed by atoms with E-state index in [9.17, 15) is 0 Å². The van der Waals surface area contributed by atoms with E-state index >= 15 is 8.78 Å². The molecule has 0 N–H and O–H groups in total. The maximum Gasteiger partial charge on any atom is 0.261 e. The molecule has 0 bridgehead atoms. The lowest BCUT2D eigenvalue weighted by Crippen LogP contribution is -2.67. The second-order valence-electron chi connectivity index (χ2n) is 12.6. The summed E-state index contributed by atoms with van der Waals surface area (Å²) in [6.45, 7) is 8.02. The fraction of sp³-hybridized carbons (Fsp3) is 0.394. The molecule has 10 heteroatoms. The van der Waals surface area contributed by atoms with Crippen molar-refractivity contribution in [3.05, 3.63) is 88.1 Å². The predicted octanol–water partition coefficient (Wildman–Crippen LogP) is 7.19. The highest BCUT2D eigenvalue weighted by molar-refractivity contribution is 9.10. The van der Waals surface area contributed by atoms with Crippen molar-refractivity contribution in [2.24, 2.45) is 0 Å². The van der Waals surface area contributed by atoms with E-state index in [1.54, 1.807) is 0 Å². The van der Waals surface area contributed by atoms with E-state index in [1.807, 2.05) is 17.0 Å². The topological polar surface area (TPSA) is 41.5 Å². The number of likely N-dealkylation sites (N-methyl/N-ethyl adjacent to an activating group) is 1. The van der Waals surface area contributed by atoms with Crippen LogP contribution in [0.3, 0.4) is 0 Å². The van der Waals surface area contributed by atoms with Gasteiger partial charge in [0.25, 0.3) is 8.32 Å². The van der Waals surface area contributed by atoms with Crippen LogP contribution in [0.4, 0.5) is 14.6 Å². The predicted molar refractivity (Wildman–Crippen MR) is 178 cm³/mol. The summed E-state index contributed by atoms with van der Waals surface area (Å²) in [5.41, 5.74) is -0.279. The van der Waals surface area contributed by atoms with E-state index in [0.29, 0.717) is 19.7 Å². The Morgan fingerprint density at radius 3 is 2.05 bits per heavy atom. The SMILES string of the molecule is CN(C)C1(CN(CCO[Si](c2ccccc2)(c2ccccc2)C(C)(C)C)c2nc(Cl)nc3c(F)c(Br)cc(F)c23)CCC1. The van der Waals surface area contributed by atoms with Gasteiger partial charge in [-0.05, 0) is 82.4 Å². The number of rotatable bonds is 10. The van der Waals surface area contributed by atoms with Gasteiger partial charge in [-0.3, -0.25) is 0 Å². The molecule has 1 aliphatic carbocycles. The van der Waals surface area contributed by atoms with Gasteiger partial charge in [0.15, 0.2) is 5.82 Å². The Bertz CT molecular complexity index is 1540. The van der Waals surface area contributed by atoms with Crippen LogP contribution in [0.25, 0.3) is 10.9 Å². The summed E-state index contributed by atoms with van der Waals surface area (Å²) in [6.07, 6.45) is 3.09.